The lowest BCUT2D eigenvalue weighted by atomic mass is 10.1. The molecule has 3 atom stereocenters. The van der Waals surface area contributed by atoms with Gasteiger partial charge in [0.2, 0.25) is 5.91 Å². The fraction of sp³-hybridized carbons (Fsp3) is 0.481. The van der Waals surface area contributed by atoms with Gasteiger partial charge in [0.25, 0.3) is 0 Å². The molecular formula is C27H33ClN6O3. The molecular weight excluding hydrogens is 492 g/mol. The average Bonchev–Trinajstić information content (AvgIpc) is 3.30. The molecule has 1 amide bonds. The minimum absolute atomic E-state index is 0.0230. The van der Waals surface area contributed by atoms with Gasteiger partial charge in [-0.25, -0.2) is 14.3 Å². The van der Waals surface area contributed by atoms with Crippen molar-refractivity contribution in [2.75, 3.05) is 13.2 Å². The molecule has 1 N–H and O–H groups in total. The van der Waals surface area contributed by atoms with Gasteiger partial charge in [-0.1, -0.05) is 23.7 Å². The van der Waals surface area contributed by atoms with Crippen molar-refractivity contribution < 1.29 is 9.53 Å². The van der Waals surface area contributed by atoms with Crippen LogP contribution in [-0.2, 0) is 22.4 Å². The van der Waals surface area contributed by atoms with Gasteiger partial charge in [0.15, 0.2) is 5.82 Å². The SMILES string of the molecule is CC(C)NC(=O)Cc1nn(-c2ccc(CC(C)N3C4CCC3COC4)cn2)c(=O)n1-c1cccc(Cl)c1. The number of amides is 1. The van der Waals surface area contributed by atoms with Gasteiger partial charge >= 0.3 is 5.69 Å². The number of carbonyl (C=O) groups is 1. The van der Waals surface area contributed by atoms with Crippen LogP contribution in [0.1, 0.15) is 45.0 Å². The Kier molecular flexibility index (Phi) is 7.46. The third-order valence-corrected chi connectivity index (χ3v) is 7.28. The molecule has 2 aliphatic rings. The summed E-state index contributed by atoms with van der Waals surface area (Å²) >= 11 is 6.19. The number of halogens is 1. The Labute approximate surface area is 221 Å². The molecule has 0 radical (unpaired) electrons. The number of morpholine rings is 1. The zero-order valence-corrected chi connectivity index (χ0v) is 22.2. The number of aromatic nitrogens is 4. The zero-order valence-electron chi connectivity index (χ0n) is 21.4. The number of fused-ring (bicyclic) bond motifs is 2. The van der Waals surface area contributed by atoms with Gasteiger partial charge < -0.3 is 10.1 Å². The predicted molar refractivity (Wildman–Crippen MR) is 142 cm³/mol. The third-order valence-electron chi connectivity index (χ3n) is 7.04. The number of hydrogen-bond donors (Lipinski definition) is 1. The van der Waals surface area contributed by atoms with E-state index in [0.29, 0.717) is 40.5 Å². The first-order chi connectivity index (χ1) is 17.8. The highest BCUT2D eigenvalue weighted by Gasteiger charge is 2.39. The fourth-order valence-corrected chi connectivity index (χ4v) is 5.74. The van der Waals surface area contributed by atoms with E-state index in [2.05, 4.69) is 27.2 Å². The molecule has 196 valence electrons. The summed E-state index contributed by atoms with van der Waals surface area (Å²) in [5.41, 5.74) is 1.23. The van der Waals surface area contributed by atoms with E-state index in [1.54, 1.807) is 24.3 Å². The summed E-state index contributed by atoms with van der Waals surface area (Å²) in [6, 6.07) is 12.1. The van der Waals surface area contributed by atoms with Crippen LogP contribution in [0.5, 0.6) is 0 Å². The number of nitrogens with zero attached hydrogens (tertiary/aromatic N) is 5. The third kappa shape index (κ3) is 5.49. The molecule has 10 heteroatoms. The smallest absolute Gasteiger partial charge is 0.356 e. The van der Waals surface area contributed by atoms with Crippen LogP contribution in [0.15, 0.2) is 47.4 Å². The van der Waals surface area contributed by atoms with E-state index < -0.39 is 5.69 Å². The van der Waals surface area contributed by atoms with E-state index >= 15 is 0 Å². The van der Waals surface area contributed by atoms with E-state index in [1.165, 1.54) is 22.1 Å². The van der Waals surface area contributed by atoms with Crippen LogP contribution < -0.4 is 11.0 Å². The monoisotopic (exact) mass is 524 g/mol. The highest BCUT2D eigenvalue weighted by molar-refractivity contribution is 6.30. The number of pyridine rings is 1. The molecule has 3 unspecified atom stereocenters. The molecule has 37 heavy (non-hydrogen) atoms. The summed E-state index contributed by atoms with van der Waals surface area (Å²) in [5.74, 6) is 0.497. The maximum atomic E-state index is 13.5. The topological polar surface area (TPSA) is 94.3 Å². The van der Waals surface area contributed by atoms with Gasteiger partial charge in [-0.2, -0.15) is 4.68 Å². The quantitative estimate of drug-likeness (QED) is 0.487. The molecule has 1 aromatic carbocycles. The van der Waals surface area contributed by atoms with Crippen LogP contribution in [0.3, 0.4) is 0 Å². The van der Waals surface area contributed by atoms with Crippen molar-refractivity contribution in [2.45, 2.75) is 70.6 Å². The minimum atomic E-state index is -0.409. The highest BCUT2D eigenvalue weighted by Crippen LogP contribution is 2.31. The highest BCUT2D eigenvalue weighted by atomic mass is 35.5. The van der Waals surface area contributed by atoms with E-state index in [4.69, 9.17) is 16.3 Å². The van der Waals surface area contributed by atoms with Crippen molar-refractivity contribution in [3.63, 3.8) is 0 Å². The molecule has 2 bridgehead atoms. The molecule has 3 aromatic rings. The maximum absolute atomic E-state index is 13.5. The number of hydrogen-bond acceptors (Lipinski definition) is 6. The lowest BCUT2D eigenvalue weighted by molar-refractivity contribution is -0.121. The van der Waals surface area contributed by atoms with Gasteiger partial charge in [-0.3, -0.25) is 9.69 Å². The molecule has 2 aliphatic heterocycles. The molecule has 2 aromatic heterocycles. The minimum Gasteiger partial charge on any atom is -0.378 e. The summed E-state index contributed by atoms with van der Waals surface area (Å²) in [7, 11) is 0. The molecule has 9 nitrogen and oxygen atoms in total. The van der Waals surface area contributed by atoms with Crippen molar-refractivity contribution >= 4 is 17.5 Å². The van der Waals surface area contributed by atoms with Gasteiger partial charge in [0.1, 0.15) is 5.82 Å². The van der Waals surface area contributed by atoms with Crippen molar-refractivity contribution in [1.82, 2.24) is 29.5 Å². The fourth-order valence-electron chi connectivity index (χ4n) is 5.55. The first kappa shape index (κ1) is 25.6. The van der Waals surface area contributed by atoms with Crippen molar-refractivity contribution in [2.24, 2.45) is 0 Å². The Morgan fingerprint density at radius 2 is 1.92 bits per heavy atom. The van der Waals surface area contributed by atoms with Crippen molar-refractivity contribution in [3.8, 4) is 11.5 Å². The molecule has 2 saturated heterocycles. The van der Waals surface area contributed by atoms with Crippen LogP contribution in [-0.4, -0.2) is 67.5 Å². The Hall–Kier alpha value is -3.01. The Balaban J connectivity index is 1.41. The summed E-state index contributed by atoms with van der Waals surface area (Å²) in [6.45, 7) is 7.66. The van der Waals surface area contributed by atoms with Crippen LogP contribution in [0.4, 0.5) is 0 Å². The number of ether oxygens (including phenoxy) is 1. The first-order valence-corrected chi connectivity index (χ1v) is 13.2. The second-order valence-corrected chi connectivity index (χ2v) is 10.7. The second kappa shape index (κ2) is 10.8. The van der Waals surface area contributed by atoms with E-state index in [0.717, 1.165) is 25.2 Å². The lowest BCUT2D eigenvalue weighted by Crippen LogP contribution is -2.50. The number of rotatable bonds is 8. The summed E-state index contributed by atoms with van der Waals surface area (Å²) in [4.78, 5) is 33.2. The maximum Gasteiger partial charge on any atom is 0.356 e. The van der Waals surface area contributed by atoms with Crippen molar-refractivity contribution in [3.05, 3.63) is 69.5 Å². The van der Waals surface area contributed by atoms with Crippen LogP contribution in [0, 0.1) is 0 Å². The van der Waals surface area contributed by atoms with Crippen molar-refractivity contribution in [1.29, 1.82) is 0 Å². The van der Waals surface area contributed by atoms with E-state index in [-0.39, 0.29) is 18.4 Å². The van der Waals surface area contributed by atoms with Gasteiger partial charge in [-0.05, 0) is 69.9 Å². The zero-order chi connectivity index (χ0) is 26.1. The van der Waals surface area contributed by atoms with Crippen LogP contribution in [0.25, 0.3) is 11.5 Å². The summed E-state index contributed by atoms with van der Waals surface area (Å²) < 4.78 is 8.39. The predicted octanol–water partition coefficient (Wildman–Crippen LogP) is 2.93. The number of benzene rings is 1. The molecule has 5 rings (SSSR count). The molecule has 2 fully saturated rings. The largest absolute Gasteiger partial charge is 0.378 e. The summed E-state index contributed by atoms with van der Waals surface area (Å²) in [6.07, 6.45) is 5.02. The molecule has 4 heterocycles. The standard InChI is InChI=1S/C27H33ClN6O3/c1-17(2)30-26(35)13-25-31-34(27(36)33(25)21-6-4-5-20(28)12-21)24-10-7-19(14-29-24)11-18(3)32-22-8-9-23(32)16-37-15-22/h4-7,10,12,14,17-18,22-23H,8-9,11,13,15-16H2,1-3H3,(H,30,35). The van der Waals surface area contributed by atoms with Gasteiger partial charge in [-0.15, -0.1) is 5.10 Å². The second-order valence-electron chi connectivity index (χ2n) is 10.3. The molecule has 0 aliphatic carbocycles. The normalized spacial score (nSPS) is 20.4. The Morgan fingerprint density at radius 1 is 1.16 bits per heavy atom. The lowest BCUT2D eigenvalue weighted by Gasteiger charge is -2.39. The molecule has 0 saturated carbocycles. The van der Waals surface area contributed by atoms with Gasteiger partial charge in [0, 0.05) is 35.4 Å². The Morgan fingerprint density at radius 3 is 2.57 bits per heavy atom. The number of nitrogens with one attached hydrogen (secondary N) is 1. The van der Waals surface area contributed by atoms with E-state index in [1.807, 2.05) is 32.2 Å². The van der Waals surface area contributed by atoms with Crippen LogP contribution in [0.2, 0.25) is 5.02 Å². The Bertz CT molecular complexity index is 1300. The van der Waals surface area contributed by atoms with E-state index in [9.17, 15) is 9.59 Å². The first-order valence-electron chi connectivity index (χ1n) is 12.9. The average molecular weight is 525 g/mol. The number of carbonyl (C=O) groups excluding carboxylic acids is 1. The van der Waals surface area contributed by atoms with Crippen LogP contribution >= 0.6 is 11.6 Å². The summed E-state index contributed by atoms with van der Waals surface area (Å²) in [5, 5.41) is 7.85. The molecule has 0 spiro atoms. The van der Waals surface area contributed by atoms with Gasteiger partial charge in [0.05, 0.1) is 25.3 Å².